The first-order valence-electron chi connectivity index (χ1n) is 6.14. The Bertz CT molecular complexity index is 224. The molecule has 4 nitrogen and oxygen atoms in total. The number of carbonyl (C=O) groups is 1. The molecule has 0 spiro atoms. The second kappa shape index (κ2) is 6.21. The van der Waals surface area contributed by atoms with E-state index in [1.54, 1.807) is 4.90 Å². The van der Waals surface area contributed by atoms with Gasteiger partial charge in [0.1, 0.15) is 0 Å². The van der Waals surface area contributed by atoms with Crippen molar-refractivity contribution in [2.45, 2.75) is 25.8 Å². The van der Waals surface area contributed by atoms with Crippen LogP contribution in [0.15, 0.2) is 0 Å². The predicted molar refractivity (Wildman–Crippen MR) is 66.4 cm³/mol. The molecule has 0 aliphatic carbocycles. The Morgan fingerprint density at radius 2 is 2.12 bits per heavy atom. The third kappa shape index (κ3) is 3.76. The van der Waals surface area contributed by atoms with E-state index in [2.05, 4.69) is 10.2 Å². The van der Waals surface area contributed by atoms with Crippen LogP contribution in [-0.4, -0.2) is 62.5 Å². The molecule has 0 saturated carbocycles. The highest BCUT2D eigenvalue weighted by Crippen LogP contribution is 2.12. The van der Waals surface area contributed by atoms with Gasteiger partial charge >= 0.3 is 0 Å². The maximum Gasteiger partial charge on any atom is 0.239 e. The van der Waals surface area contributed by atoms with Gasteiger partial charge in [0.05, 0.1) is 6.04 Å². The Morgan fingerprint density at radius 3 is 2.62 bits per heavy atom. The average molecular weight is 227 g/mol. The maximum atomic E-state index is 11.8. The minimum Gasteiger partial charge on any atom is -0.347 e. The molecular weight excluding hydrogens is 202 g/mol. The molecule has 1 N–H and O–H groups in total. The molecule has 0 aromatic rings. The molecule has 1 aliphatic rings. The van der Waals surface area contributed by atoms with Crippen molar-refractivity contribution in [1.82, 2.24) is 15.1 Å². The Labute approximate surface area is 99.0 Å². The van der Waals surface area contributed by atoms with Crippen molar-refractivity contribution in [2.24, 2.45) is 5.92 Å². The second-order valence-corrected chi connectivity index (χ2v) is 5.06. The number of amides is 1. The summed E-state index contributed by atoms with van der Waals surface area (Å²) in [5.41, 5.74) is 0. The van der Waals surface area contributed by atoms with E-state index in [-0.39, 0.29) is 11.9 Å². The van der Waals surface area contributed by atoms with Crippen LogP contribution in [0.5, 0.6) is 0 Å². The first-order valence-corrected chi connectivity index (χ1v) is 6.14. The molecule has 4 heteroatoms. The third-order valence-electron chi connectivity index (χ3n) is 3.40. The van der Waals surface area contributed by atoms with E-state index in [9.17, 15) is 4.79 Å². The van der Waals surface area contributed by atoms with Crippen LogP contribution in [0.25, 0.3) is 0 Å². The maximum absolute atomic E-state index is 11.8. The van der Waals surface area contributed by atoms with Crippen LogP contribution in [0.4, 0.5) is 0 Å². The van der Waals surface area contributed by atoms with Crippen molar-refractivity contribution in [2.75, 3.05) is 40.8 Å². The number of nitrogens with zero attached hydrogens (tertiary/aromatic N) is 2. The molecular formula is C12H25N3O. The zero-order valence-electron chi connectivity index (χ0n) is 11.0. The number of carbonyl (C=O) groups excluding carboxylic acids is 1. The molecule has 1 aliphatic heterocycles. The Kier molecular flexibility index (Phi) is 5.22. The van der Waals surface area contributed by atoms with E-state index in [0.717, 1.165) is 19.6 Å². The molecule has 1 fully saturated rings. The first kappa shape index (κ1) is 13.5. The molecule has 0 aromatic heterocycles. The van der Waals surface area contributed by atoms with Gasteiger partial charge in [-0.1, -0.05) is 0 Å². The molecule has 1 rings (SSSR count). The van der Waals surface area contributed by atoms with E-state index in [1.807, 2.05) is 28.1 Å². The van der Waals surface area contributed by atoms with Crippen molar-refractivity contribution in [3.63, 3.8) is 0 Å². The van der Waals surface area contributed by atoms with Gasteiger partial charge in [-0.2, -0.15) is 0 Å². The molecule has 0 radical (unpaired) electrons. The lowest BCUT2D eigenvalue weighted by Gasteiger charge is -2.31. The summed E-state index contributed by atoms with van der Waals surface area (Å²) >= 11 is 0. The lowest BCUT2D eigenvalue weighted by Crippen LogP contribution is -2.46. The van der Waals surface area contributed by atoms with Crippen molar-refractivity contribution < 1.29 is 4.79 Å². The zero-order valence-corrected chi connectivity index (χ0v) is 11.0. The molecule has 0 aromatic carbocycles. The Morgan fingerprint density at radius 1 is 1.44 bits per heavy atom. The quantitative estimate of drug-likeness (QED) is 0.755. The molecule has 2 unspecified atom stereocenters. The number of piperidine rings is 1. The van der Waals surface area contributed by atoms with Crippen LogP contribution in [0.3, 0.4) is 0 Å². The van der Waals surface area contributed by atoms with E-state index in [1.165, 1.54) is 12.8 Å². The van der Waals surface area contributed by atoms with Crippen molar-refractivity contribution in [3.8, 4) is 0 Å². The molecule has 1 amide bonds. The Hall–Kier alpha value is -0.610. The van der Waals surface area contributed by atoms with E-state index < -0.39 is 0 Å². The molecule has 2 atom stereocenters. The van der Waals surface area contributed by atoms with Crippen molar-refractivity contribution in [1.29, 1.82) is 0 Å². The molecule has 16 heavy (non-hydrogen) atoms. The van der Waals surface area contributed by atoms with Crippen LogP contribution < -0.4 is 5.32 Å². The van der Waals surface area contributed by atoms with Gasteiger partial charge in [0.2, 0.25) is 5.91 Å². The number of hydrogen-bond donors (Lipinski definition) is 1. The monoisotopic (exact) mass is 227 g/mol. The van der Waals surface area contributed by atoms with Crippen molar-refractivity contribution >= 4 is 5.91 Å². The van der Waals surface area contributed by atoms with Crippen LogP contribution in [0, 0.1) is 5.92 Å². The number of rotatable bonds is 4. The lowest BCUT2D eigenvalue weighted by atomic mass is 9.98. The van der Waals surface area contributed by atoms with Gasteiger partial charge in [-0.25, -0.2) is 0 Å². The summed E-state index contributed by atoms with van der Waals surface area (Å²) in [6, 6.07) is -0.0167. The summed E-state index contributed by atoms with van der Waals surface area (Å²) in [4.78, 5) is 15.6. The minimum atomic E-state index is -0.0167. The Balaban J connectivity index is 2.38. The third-order valence-corrected chi connectivity index (χ3v) is 3.40. The lowest BCUT2D eigenvalue weighted by molar-refractivity contribution is -0.133. The highest BCUT2D eigenvalue weighted by Gasteiger charge is 2.22. The molecule has 94 valence electrons. The summed E-state index contributed by atoms with van der Waals surface area (Å²) in [5.74, 6) is 0.877. The van der Waals surface area contributed by atoms with Gasteiger partial charge in [-0.3, -0.25) is 9.69 Å². The van der Waals surface area contributed by atoms with E-state index in [0.29, 0.717) is 5.92 Å². The fraction of sp³-hybridized carbons (Fsp3) is 0.917. The largest absolute Gasteiger partial charge is 0.347 e. The normalized spacial score (nSPS) is 23.2. The van der Waals surface area contributed by atoms with Crippen LogP contribution in [0.2, 0.25) is 0 Å². The van der Waals surface area contributed by atoms with Gasteiger partial charge in [0, 0.05) is 20.6 Å². The summed E-state index contributed by atoms with van der Waals surface area (Å²) in [5, 5.41) is 3.41. The number of nitrogens with one attached hydrogen (secondary N) is 1. The fourth-order valence-corrected chi connectivity index (χ4v) is 2.21. The van der Waals surface area contributed by atoms with E-state index >= 15 is 0 Å². The summed E-state index contributed by atoms with van der Waals surface area (Å²) < 4.78 is 0. The topological polar surface area (TPSA) is 35.6 Å². The first-order chi connectivity index (χ1) is 7.52. The summed E-state index contributed by atoms with van der Waals surface area (Å²) in [6.07, 6.45) is 2.54. The summed E-state index contributed by atoms with van der Waals surface area (Å²) in [7, 11) is 5.67. The van der Waals surface area contributed by atoms with Crippen LogP contribution in [-0.2, 0) is 4.79 Å². The average Bonchev–Trinajstić information content (AvgIpc) is 2.28. The van der Waals surface area contributed by atoms with Gasteiger partial charge in [-0.05, 0) is 45.8 Å². The van der Waals surface area contributed by atoms with Gasteiger partial charge < -0.3 is 10.2 Å². The predicted octanol–water partition coefficient (Wildman–Crippen LogP) is 0.395. The molecule has 1 saturated heterocycles. The van der Waals surface area contributed by atoms with Gasteiger partial charge in [0.15, 0.2) is 0 Å². The van der Waals surface area contributed by atoms with Crippen LogP contribution in [0.1, 0.15) is 19.8 Å². The fourth-order valence-electron chi connectivity index (χ4n) is 2.21. The van der Waals surface area contributed by atoms with Gasteiger partial charge in [-0.15, -0.1) is 0 Å². The molecule has 1 heterocycles. The SMILES string of the molecule is CC(C(=O)N(C)C)N(C)CC1CCCNC1. The second-order valence-electron chi connectivity index (χ2n) is 5.06. The standard InChI is InChI=1S/C12H25N3O/c1-10(12(16)14(2)3)15(4)9-11-6-5-7-13-8-11/h10-11,13H,5-9H2,1-4H3. The van der Waals surface area contributed by atoms with Gasteiger partial charge in [0.25, 0.3) is 0 Å². The van der Waals surface area contributed by atoms with E-state index in [4.69, 9.17) is 0 Å². The molecule has 0 bridgehead atoms. The zero-order chi connectivity index (χ0) is 12.1. The highest BCUT2D eigenvalue weighted by molar-refractivity contribution is 5.80. The van der Waals surface area contributed by atoms with Crippen molar-refractivity contribution in [3.05, 3.63) is 0 Å². The smallest absolute Gasteiger partial charge is 0.239 e. The highest BCUT2D eigenvalue weighted by atomic mass is 16.2. The number of likely N-dealkylation sites (N-methyl/N-ethyl adjacent to an activating group) is 2. The minimum absolute atomic E-state index is 0.0167. The summed E-state index contributed by atoms with van der Waals surface area (Å²) in [6.45, 7) is 5.23. The van der Waals surface area contributed by atoms with Crippen LogP contribution >= 0.6 is 0 Å². The number of hydrogen-bond acceptors (Lipinski definition) is 3.